The number of thioether (sulfide) groups is 1. The molecule has 0 spiro atoms. The van der Waals surface area contributed by atoms with Crippen molar-refractivity contribution in [1.29, 1.82) is 0 Å². The van der Waals surface area contributed by atoms with E-state index in [2.05, 4.69) is 16.0 Å². The lowest BCUT2D eigenvalue weighted by Gasteiger charge is -2.17. The van der Waals surface area contributed by atoms with Crippen molar-refractivity contribution in [2.24, 2.45) is 0 Å². The molecule has 4 rings (SSSR count). The van der Waals surface area contributed by atoms with Crippen molar-refractivity contribution in [2.75, 3.05) is 24.9 Å². The van der Waals surface area contributed by atoms with Gasteiger partial charge >= 0.3 is 0 Å². The standard InChI is InChI=1S/C35H35N3O5S/c1-5-32(35(41)37-29-19-18-27(42-3)22-31(29)43-4)44-28-13-9-12-26(21-28)36-34(40)30(20-24-16-14-23(2)15-17-24)38-33(39)25-10-7-6-8-11-25/h6-22,32H,5H2,1-4H3,(H,36,40)(H,37,41)(H,38,39)/b30-20-. The van der Waals surface area contributed by atoms with E-state index in [0.29, 0.717) is 34.9 Å². The zero-order chi connectivity index (χ0) is 31.5. The van der Waals surface area contributed by atoms with E-state index in [1.807, 2.05) is 50.2 Å². The predicted octanol–water partition coefficient (Wildman–Crippen LogP) is 6.93. The van der Waals surface area contributed by atoms with Crippen LogP contribution < -0.4 is 25.4 Å². The lowest BCUT2D eigenvalue weighted by molar-refractivity contribution is -0.116. The van der Waals surface area contributed by atoms with Gasteiger partial charge in [-0.3, -0.25) is 14.4 Å². The zero-order valence-corrected chi connectivity index (χ0v) is 25.9. The van der Waals surface area contributed by atoms with Gasteiger partial charge in [0.05, 0.1) is 25.2 Å². The summed E-state index contributed by atoms with van der Waals surface area (Å²) >= 11 is 1.39. The van der Waals surface area contributed by atoms with Crippen molar-refractivity contribution in [3.8, 4) is 11.5 Å². The van der Waals surface area contributed by atoms with Crippen LogP contribution in [0.3, 0.4) is 0 Å². The molecular formula is C35H35N3O5S. The summed E-state index contributed by atoms with van der Waals surface area (Å²) in [7, 11) is 3.10. The van der Waals surface area contributed by atoms with Crippen molar-refractivity contribution in [3.05, 3.63) is 119 Å². The van der Waals surface area contributed by atoms with Gasteiger partial charge in [-0.2, -0.15) is 0 Å². The Hall–Kier alpha value is -5.02. The Kier molecular flexibility index (Phi) is 11.2. The van der Waals surface area contributed by atoms with E-state index in [9.17, 15) is 14.4 Å². The minimum absolute atomic E-state index is 0.0972. The Bertz CT molecular complexity index is 1640. The lowest BCUT2D eigenvalue weighted by Crippen LogP contribution is -2.30. The molecule has 0 aliphatic carbocycles. The van der Waals surface area contributed by atoms with Crippen molar-refractivity contribution >= 4 is 46.9 Å². The van der Waals surface area contributed by atoms with E-state index in [1.54, 1.807) is 73.8 Å². The van der Waals surface area contributed by atoms with Crippen LogP contribution in [-0.2, 0) is 9.59 Å². The SMILES string of the molecule is CCC(Sc1cccc(NC(=O)/C(=C/c2ccc(C)cc2)NC(=O)c2ccccc2)c1)C(=O)Nc1ccc(OC)cc1OC. The predicted molar refractivity (Wildman–Crippen MR) is 176 cm³/mol. The molecule has 4 aromatic rings. The summed E-state index contributed by atoms with van der Waals surface area (Å²) < 4.78 is 10.7. The van der Waals surface area contributed by atoms with Crippen LogP contribution in [0, 0.1) is 6.92 Å². The van der Waals surface area contributed by atoms with Crippen molar-refractivity contribution in [3.63, 3.8) is 0 Å². The number of carbonyl (C=O) groups excluding carboxylic acids is 3. The average Bonchev–Trinajstić information content (AvgIpc) is 3.04. The minimum Gasteiger partial charge on any atom is -0.497 e. The smallest absolute Gasteiger partial charge is 0.272 e. The van der Waals surface area contributed by atoms with E-state index in [4.69, 9.17) is 9.47 Å². The highest BCUT2D eigenvalue weighted by atomic mass is 32.2. The number of hydrogen-bond acceptors (Lipinski definition) is 6. The summed E-state index contributed by atoms with van der Waals surface area (Å²) in [6, 6.07) is 28.8. The molecule has 1 atom stereocenters. The van der Waals surface area contributed by atoms with E-state index >= 15 is 0 Å². The van der Waals surface area contributed by atoms with Gasteiger partial charge in [-0.15, -0.1) is 11.8 Å². The number of ether oxygens (including phenoxy) is 2. The third-order valence-electron chi connectivity index (χ3n) is 6.62. The number of hydrogen-bond donors (Lipinski definition) is 3. The van der Waals surface area contributed by atoms with Crippen molar-refractivity contribution < 1.29 is 23.9 Å². The van der Waals surface area contributed by atoms with Gasteiger partial charge in [-0.25, -0.2) is 0 Å². The molecule has 0 aliphatic rings. The van der Waals surface area contributed by atoms with E-state index in [-0.39, 0.29) is 11.6 Å². The molecule has 3 N–H and O–H groups in total. The second kappa shape index (κ2) is 15.5. The number of anilines is 2. The Morgan fingerprint density at radius 3 is 2.27 bits per heavy atom. The molecule has 0 bridgehead atoms. The van der Waals surface area contributed by atoms with Crippen molar-refractivity contribution in [2.45, 2.75) is 30.4 Å². The van der Waals surface area contributed by atoms with Gasteiger partial charge in [0.2, 0.25) is 5.91 Å². The van der Waals surface area contributed by atoms with Crippen LogP contribution >= 0.6 is 11.8 Å². The van der Waals surface area contributed by atoms with Crippen LogP contribution in [0.5, 0.6) is 11.5 Å². The van der Waals surface area contributed by atoms with Crippen molar-refractivity contribution in [1.82, 2.24) is 5.32 Å². The molecule has 0 aliphatic heterocycles. The van der Waals surface area contributed by atoms with Crippen LogP contribution in [0.4, 0.5) is 11.4 Å². The molecule has 9 heteroatoms. The van der Waals surface area contributed by atoms with E-state index in [1.165, 1.54) is 18.9 Å². The van der Waals surface area contributed by atoms with E-state index in [0.717, 1.165) is 16.0 Å². The highest BCUT2D eigenvalue weighted by Crippen LogP contribution is 2.32. The molecule has 226 valence electrons. The molecule has 1 unspecified atom stereocenters. The van der Waals surface area contributed by atoms with Crippen LogP contribution in [0.1, 0.15) is 34.8 Å². The first-order chi connectivity index (χ1) is 21.3. The molecule has 0 heterocycles. The van der Waals surface area contributed by atoms with Gasteiger partial charge in [0, 0.05) is 22.2 Å². The maximum Gasteiger partial charge on any atom is 0.272 e. The number of methoxy groups -OCH3 is 2. The van der Waals surface area contributed by atoms with Crippen LogP contribution in [-0.4, -0.2) is 37.2 Å². The number of nitrogens with one attached hydrogen (secondary N) is 3. The second-order valence-corrected chi connectivity index (χ2v) is 11.1. The quantitative estimate of drug-likeness (QED) is 0.119. The number of rotatable bonds is 12. The van der Waals surface area contributed by atoms with Gasteiger partial charge in [-0.1, -0.05) is 61.0 Å². The summed E-state index contributed by atoms with van der Waals surface area (Å²) in [6.45, 7) is 3.91. The van der Waals surface area contributed by atoms with E-state index < -0.39 is 17.1 Å². The molecule has 0 saturated heterocycles. The summed E-state index contributed by atoms with van der Waals surface area (Å²) in [5, 5.41) is 8.19. The molecule has 0 aromatic heterocycles. The summed E-state index contributed by atoms with van der Waals surface area (Å²) in [4.78, 5) is 40.4. The third-order valence-corrected chi connectivity index (χ3v) is 7.98. The Labute approximate surface area is 261 Å². The number of carbonyl (C=O) groups is 3. The van der Waals surface area contributed by atoms with Gasteiger partial charge in [0.1, 0.15) is 17.2 Å². The Morgan fingerprint density at radius 2 is 1.59 bits per heavy atom. The lowest BCUT2D eigenvalue weighted by atomic mass is 10.1. The van der Waals surface area contributed by atoms with Crippen LogP contribution in [0.2, 0.25) is 0 Å². The molecule has 44 heavy (non-hydrogen) atoms. The highest BCUT2D eigenvalue weighted by Gasteiger charge is 2.21. The molecule has 3 amide bonds. The van der Waals surface area contributed by atoms with Gasteiger partial charge in [0.25, 0.3) is 11.8 Å². The maximum atomic E-state index is 13.5. The fraction of sp³-hybridized carbons (Fsp3) is 0.171. The first-order valence-electron chi connectivity index (χ1n) is 14.0. The first kappa shape index (κ1) is 31.9. The number of benzene rings is 4. The second-order valence-electron chi connectivity index (χ2n) is 9.84. The Balaban J connectivity index is 1.49. The van der Waals surface area contributed by atoms with Crippen LogP contribution in [0.15, 0.2) is 108 Å². The summed E-state index contributed by atoms with van der Waals surface area (Å²) in [5.74, 6) is 0.0668. The average molecular weight is 610 g/mol. The molecule has 8 nitrogen and oxygen atoms in total. The van der Waals surface area contributed by atoms with Gasteiger partial charge in [-0.05, 0) is 67.4 Å². The molecule has 4 aromatic carbocycles. The maximum absolute atomic E-state index is 13.5. The largest absolute Gasteiger partial charge is 0.497 e. The van der Waals surface area contributed by atoms with Crippen LogP contribution in [0.25, 0.3) is 6.08 Å². The van der Waals surface area contributed by atoms with Gasteiger partial charge in [0.15, 0.2) is 0 Å². The fourth-order valence-electron chi connectivity index (χ4n) is 4.22. The molecule has 0 fully saturated rings. The first-order valence-corrected chi connectivity index (χ1v) is 14.9. The number of aryl methyl sites for hydroxylation is 1. The fourth-order valence-corrected chi connectivity index (χ4v) is 5.23. The normalized spacial score (nSPS) is 11.7. The minimum atomic E-state index is -0.478. The monoisotopic (exact) mass is 609 g/mol. The van der Waals surface area contributed by atoms with Gasteiger partial charge < -0.3 is 25.4 Å². The molecular weight excluding hydrogens is 574 g/mol. The summed E-state index contributed by atoms with van der Waals surface area (Å²) in [6.07, 6.45) is 2.21. The third kappa shape index (κ3) is 8.75. The molecule has 0 radical (unpaired) electrons. The Morgan fingerprint density at radius 1 is 0.841 bits per heavy atom. The summed E-state index contributed by atoms with van der Waals surface area (Å²) in [5.41, 5.74) is 3.45. The highest BCUT2D eigenvalue weighted by molar-refractivity contribution is 8.00. The number of amides is 3. The zero-order valence-electron chi connectivity index (χ0n) is 25.0. The topological polar surface area (TPSA) is 106 Å². The molecule has 0 saturated carbocycles.